The highest BCUT2D eigenvalue weighted by atomic mass is 16.7. The second-order valence-corrected chi connectivity index (χ2v) is 8.76. The average Bonchev–Trinajstić information content (AvgIpc) is 3.24. The quantitative estimate of drug-likeness (QED) is 0.603. The molecule has 1 aliphatic rings. The summed E-state index contributed by atoms with van der Waals surface area (Å²) in [7, 11) is 0. The molecule has 0 fully saturated rings. The first-order valence-corrected chi connectivity index (χ1v) is 11.4. The molecule has 1 aliphatic heterocycles. The second kappa shape index (κ2) is 11.0. The molecule has 2 amide bonds. The van der Waals surface area contributed by atoms with E-state index in [-0.39, 0.29) is 18.6 Å². The molecule has 32 heavy (non-hydrogen) atoms. The van der Waals surface area contributed by atoms with E-state index in [2.05, 4.69) is 25.2 Å². The topological polar surface area (TPSA) is 67.9 Å². The van der Waals surface area contributed by atoms with Crippen molar-refractivity contribution in [2.45, 2.75) is 59.5 Å². The minimum Gasteiger partial charge on any atom is -0.454 e. The fraction of sp³-hybridized carbons (Fsp3) is 0.462. The molecule has 0 saturated heterocycles. The fourth-order valence-corrected chi connectivity index (χ4v) is 3.84. The maximum absolute atomic E-state index is 13.4. The SMILES string of the molecule is CC[C@@H](C(=O)NCC(C)C)N(Cc1cccc(C)c1)C(=O)CCc1ccc2c(c1)OCO2. The first-order valence-electron chi connectivity index (χ1n) is 11.4. The number of carbonyl (C=O) groups excluding carboxylic acids is 2. The molecule has 1 atom stereocenters. The Morgan fingerprint density at radius 3 is 2.56 bits per heavy atom. The molecule has 0 unspecified atom stereocenters. The third-order valence-corrected chi connectivity index (χ3v) is 5.57. The van der Waals surface area contributed by atoms with Crippen LogP contribution in [-0.2, 0) is 22.6 Å². The van der Waals surface area contributed by atoms with E-state index in [0.717, 1.165) is 22.4 Å². The zero-order valence-electron chi connectivity index (χ0n) is 19.5. The predicted octanol–water partition coefficient (Wildman–Crippen LogP) is 4.24. The lowest BCUT2D eigenvalue weighted by Gasteiger charge is -2.31. The van der Waals surface area contributed by atoms with Gasteiger partial charge in [0.25, 0.3) is 0 Å². The smallest absolute Gasteiger partial charge is 0.242 e. The molecule has 2 aromatic carbocycles. The lowest BCUT2D eigenvalue weighted by atomic mass is 10.0. The number of hydrogen-bond donors (Lipinski definition) is 1. The largest absolute Gasteiger partial charge is 0.454 e. The predicted molar refractivity (Wildman–Crippen MR) is 125 cm³/mol. The summed E-state index contributed by atoms with van der Waals surface area (Å²) < 4.78 is 10.8. The zero-order valence-corrected chi connectivity index (χ0v) is 19.5. The first-order chi connectivity index (χ1) is 15.4. The molecule has 3 rings (SSSR count). The Morgan fingerprint density at radius 1 is 1.06 bits per heavy atom. The molecule has 0 aliphatic carbocycles. The van der Waals surface area contributed by atoms with Gasteiger partial charge in [0.05, 0.1) is 0 Å². The van der Waals surface area contributed by atoms with Crippen LogP contribution in [-0.4, -0.2) is 36.1 Å². The Bertz CT molecular complexity index is 941. The Kier molecular flexibility index (Phi) is 8.14. The number of nitrogens with zero attached hydrogens (tertiary/aromatic N) is 1. The van der Waals surface area contributed by atoms with Gasteiger partial charge in [-0.1, -0.05) is 56.7 Å². The number of ether oxygens (including phenoxy) is 2. The van der Waals surface area contributed by atoms with Crippen LogP contribution in [0.5, 0.6) is 11.5 Å². The van der Waals surface area contributed by atoms with Gasteiger partial charge in [-0.2, -0.15) is 0 Å². The van der Waals surface area contributed by atoms with E-state index < -0.39 is 6.04 Å². The third-order valence-electron chi connectivity index (χ3n) is 5.57. The lowest BCUT2D eigenvalue weighted by molar-refractivity contribution is -0.141. The van der Waals surface area contributed by atoms with E-state index in [1.54, 1.807) is 4.90 Å². The highest BCUT2D eigenvalue weighted by Gasteiger charge is 2.28. The maximum Gasteiger partial charge on any atom is 0.242 e. The summed E-state index contributed by atoms with van der Waals surface area (Å²) in [5.74, 6) is 1.67. The molecule has 6 heteroatoms. The van der Waals surface area contributed by atoms with Crippen molar-refractivity contribution in [2.24, 2.45) is 5.92 Å². The summed E-state index contributed by atoms with van der Waals surface area (Å²) in [6.07, 6.45) is 1.45. The molecule has 0 spiro atoms. The van der Waals surface area contributed by atoms with Gasteiger partial charge in [-0.05, 0) is 48.9 Å². The molecule has 0 radical (unpaired) electrons. The molecule has 6 nitrogen and oxygen atoms in total. The standard InChI is InChI=1S/C26H34N2O4/c1-5-22(26(30)27-15-18(2)3)28(16-21-8-6-7-19(4)13-21)25(29)12-10-20-9-11-23-24(14-20)32-17-31-23/h6-9,11,13-14,18,22H,5,10,12,15-17H2,1-4H3,(H,27,30)/t22-/m0/s1. The van der Waals surface area contributed by atoms with Gasteiger partial charge in [0.15, 0.2) is 11.5 Å². The number of amides is 2. The minimum atomic E-state index is -0.501. The Labute approximate surface area is 190 Å². The highest BCUT2D eigenvalue weighted by Crippen LogP contribution is 2.32. The van der Waals surface area contributed by atoms with E-state index in [0.29, 0.717) is 44.0 Å². The van der Waals surface area contributed by atoms with Crippen LogP contribution in [0.4, 0.5) is 0 Å². The van der Waals surface area contributed by atoms with E-state index in [1.165, 1.54) is 0 Å². The van der Waals surface area contributed by atoms with Gasteiger partial charge >= 0.3 is 0 Å². The van der Waals surface area contributed by atoms with E-state index in [9.17, 15) is 9.59 Å². The summed E-state index contributed by atoms with van der Waals surface area (Å²) in [5, 5.41) is 3.00. The van der Waals surface area contributed by atoms with E-state index in [1.807, 2.05) is 50.2 Å². The molecule has 0 aromatic heterocycles. The van der Waals surface area contributed by atoms with Crippen molar-refractivity contribution < 1.29 is 19.1 Å². The summed E-state index contributed by atoms with van der Waals surface area (Å²) in [6, 6.07) is 13.3. The van der Waals surface area contributed by atoms with Gasteiger partial charge in [-0.25, -0.2) is 0 Å². The van der Waals surface area contributed by atoms with Crippen LogP contribution in [0, 0.1) is 12.8 Å². The summed E-state index contributed by atoms with van der Waals surface area (Å²) in [5.41, 5.74) is 3.17. The average molecular weight is 439 g/mol. The molecular formula is C26H34N2O4. The van der Waals surface area contributed by atoms with Crippen LogP contribution in [0.25, 0.3) is 0 Å². The highest BCUT2D eigenvalue weighted by molar-refractivity contribution is 5.87. The van der Waals surface area contributed by atoms with Crippen LogP contribution in [0.1, 0.15) is 50.3 Å². The number of nitrogens with one attached hydrogen (secondary N) is 1. The third kappa shape index (κ3) is 6.25. The Morgan fingerprint density at radius 2 is 1.84 bits per heavy atom. The minimum absolute atomic E-state index is 0.0317. The summed E-state index contributed by atoms with van der Waals surface area (Å²) >= 11 is 0. The van der Waals surface area contributed by atoms with Gasteiger partial charge in [-0.15, -0.1) is 0 Å². The number of rotatable bonds is 10. The van der Waals surface area contributed by atoms with Crippen molar-refractivity contribution in [3.8, 4) is 11.5 Å². The molecule has 1 N–H and O–H groups in total. The Hall–Kier alpha value is -3.02. The van der Waals surface area contributed by atoms with E-state index in [4.69, 9.17) is 9.47 Å². The van der Waals surface area contributed by atoms with Crippen molar-refractivity contribution in [3.05, 3.63) is 59.2 Å². The normalized spacial score (nSPS) is 13.2. The molecule has 0 bridgehead atoms. The maximum atomic E-state index is 13.4. The lowest BCUT2D eigenvalue weighted by Crippen LogP contribution is -2.49. The van der Waals surface area contributed by atoms with Crippen molar-refractivity contribution in [2.75, 3.05) is 13.3 Å². The van der Waals surface area contributed by atoms with Crippen molar-refractivity contribution >= 4 is 11.8 Å². The number of aryl methyl sites for hydroxylation is 2. The van der Waals surface area contributed by atoms with Crippen LogP contribution in [0.2, 0.25) is 0 Å². The second-order valence-electron chi connectivity index (χ2n) is 8.76. The Balaban J connectivity index is 1.75. The molecule has 2 aromatic rings. The van der Waals surface area contributed by atoms with Gasteiger partial charge in [0.1, 0.15) is 6.04 Å². The molecule has 1 heterocycles. The first kappa shape index (κ1) is 23.6. The van der Waals surface area contributed by atoms with Crippen LogP contribution < -0.4 is 14.8 Å². The molecule has 0 saturated carbocycles. The molecular weight excluding hydrogens is 404 g/mol. The summed E-state index contributed by atoms with van der Waals surface area (Å²) in [6.45, 7) is 9.33. The van der Waals surface area contributed by atoms with Crippen LogP contribution in [0.3, 0.4) is 0 Å². The van der Waals surface area contributed by atoms with Crippen molar-refractivity contribution in [1.29, 1.82) is 0 Å². The van der Waals surface area contributed by atoms with Crippen molar-refractivity contribution in [3.63, 3.8) is 0 Å². The van der Waals surface area contributed by atoms with Crippen LogP contribution in [0.15, 0.2) is 42.5 Å². The number of hydrogen-bond acceptors (Lipinski definition) is 4. The molecule has 172 valence electrons. The number of fused-ring (bicyclic) bond motifs is 1. The van der Waals surface area contributed by atoms with Crippen molar-refractivity contribution in [1.82, 2.24) is 10.2 Å². The number of carbonyl (C=O) groups is 2. The van der Waals surface area contributed by atoms with Crippen LogP contribution >= 0.6 is 0 Å². The van der Waals surface area contributed by atoms with E-state index >= 15 is 0 Å². The fourth-order valence-electron chi connectivity index (χ4n) is 3.84. The van der Waals surface area contributed by atoms with Gasteiger partial charge in [-0.3, -0.25) is 9.59 Å². The van der Waals surface area contributed by atoms with Gasteiger partial charge in [0.2, 0.25) is 18.6 Å². The number of benzene rings is 2. The summed E-state index contributed by atoms with van der Waals surface area (Å²) in [4.78, 5) is 28.1. The van der Waals surface area contributed by atoms with Gasteiger partial charge in [0, 0.05) is 19.5 Å². The van der Waals surface area contributed by atoms with Gasteiger partial charge < -0.3 is 19.7 Å². The monoisotopic (exact) mass is 438 g/mol. The zero-order chi connectivity index (χ0) is 23.1.